The number of piperidine rings is 3. The van der Waals surface area contributed by atoms with Gasteiger partial charge in [0.25, 0.3) is 0 Å². The number of hydrogen-bond donors (Lipinski definition) is 1. The van der Waals surface area contributed by atoms with Crippen LogP contribution in [0.5, 0.6) is 0 Å². The molecule has 1 aromatic rings. The number of rotatable bonds is 5. The predicted octanol–water partition coefficient (Wildman–Crippen LogP) is 1.79. The largest absolute Gasteiger partial charge is 0.383 e. The number of fused-ring (bicyclic) bond motifs is 4. The zero-order chi connectivity index (χ0) is 14.3. The van der Waals surface area contributed by atoms with Crippen LogP contribution in [0.4, 0.5) is 0 Å². The molecule has 0 amide bonds. The molecule has 2 bridgehead atoms. The predicted molar refractivity (Wildman–Crippen MR) is 84.9 cm³/mol. The van der Waals surface area contributed by atoms with Gasteiger partial charge in [-0.05, 0) is 51.1 Å². The molecule has 5 heteroatoms. The van der Waals surface area contributed by atoms with E-state index in [0.29, 0.717) is 0 Å². The van der Waals surface area contributed by atoms with Gasteiger partial charge in [0.1, 0.15) is 5.01 Å². The normalized spacial score (nSPS) is 34.3. The molecular formula is C16H25N3OS. The molecular weight excluding hydrogens is 282 g/mol. The average Bonchev–Trinajstić information content (AvgIpc) is 3.10. The number of ether oxygens (including phenoxy) is 1. The van der Waals surface area contributed by atoms with E-state index < -0.39 is 0 Å². The highest BCUT2D eigenvalue weighted by Gasteiger charge is 2.49. The molecule has 1 atom stereocenters. The molecule has 1 aliphatic carbocycles. The molecule has 4 aliphatic rings. The zero-order valence-electron chi connectivity index (χ0n) is 12.9. The highest BCUT2D eigenvalue weighted by atomic mass is 32.1. The van der Waals surface area contributed by atoms with Crippen molar-refractivity contribution in [2.75, 3.05) is 39.9 Å². The van der Waals surface area contributed by atoms with E-state index in [4.69, 9.17) is 9.72 Å². The maximum absolute atomic E-state index is 5.26. The van der Waals surface area contributed by atoms with Gasteiger partial charge in [0.15, 0.2) is 0 Å². The fourth-order valence-electron chi connectivity index (χ4n) is 4.34. The van der Waals surface area contributed by atoms with E-state index >= 15 is 0 Å². The maximum atomic E-state index is 5.26. The first-order chi connectivity index (χ1) is 10.3. The van der Waals surface area contributed by atoms with Gasteiger partial charge in [-0.25, -0.2) is 4.98 Å². The number of methoxy groups -OCH3 is 1. The van der Waals surface area contributed by atoms with E-state index in [1.165, 1.54) is 55.9 Å². The van der Waals surface area contributed by atoms with Crippen LogP contribution in [0.25, 0.3) is 0 Å². The lowest BCUT2D eigenvalue weighted by Crippen LogP contribution is -2.64. The summed E-state index contributed by atoms with van der Waals surface area (Å²) in [5.41, 5.74) is 1.48. The first-order valence-electron chi connectivity index (χ1n) is 8.27. The molecule has 1 N–H and O–H groups in total. The van der Waals surface area contributed by atoms with Crippen molar-refractivity contribution >= 4 is 11.3 Å². The molecule has 21 heavy (non-hydrogen) atoms. The van der Waals surface area contributed by atoms with Gasteiger partial charge in [-0.3, -0.25) is 0 Å². The molecule has 1 aromatic heterocycles. The third kappa shape index (κ3) is 2.34. The minimum Gasteiger partial charge on any atom is -0.383 e. The van der Waals surface area contributed by atoms with Crippen LogP contribution in [-0.2, 0) is 23.1 Å². The summed E-state index contributed by atoms with van der Waals surface area (Å²) in [6.45, 7) is 5.37. The molecule has 0 spiro atoms. The minimum atomic E-state index is 0.0873. The number of aryl methyl sites for hydroxylation is 2. The summed E-state index contributed by atoms with van der Waals surface area (Å²) in [5, 5.41) is 5.21. The van der Waals surface area contributed by atoms with Crippen LogP contribution in [0.15, 0.2) is 0 Å². The first kappa shape index (κ1) is 14.1. The molecule has 0 radical (unpaired) electrons. The van der Waals surface area contributed by atoms with Crippen molar-refractivity contribution in [1.29, 1.82) is 0 Å². The average molecular weight is 307 g/mol. The summed E-state index contributed by atoms with van der Waals surface area (Å²) < 4.78 is 5.26. The lowest BCUT2D eigenvalue weighted by molar-refractivity contribution is -0.000257. The van der Waals surface area contributed by atoms with E-state index in [0.717, 1.165) is 25.6 Å². The van der Waals surface area contributed by atoms with Crippen LogP contribution in [0.1, 0.15) is 34.8 Å². The fraction of sp³-hybridized carbons (Fsp3) is 0.812. The van der Waals surface area contributed by atoms with E-state index in [-0.39, 0.29) is 5.54 Å². The van der Waals surface area contributed by atoms with E-state index in [1.807, 2.05) is 11.3 Å². The summed E-state index contributed by atoms with van der Waals surface area (Å²) in [6, 6.07) is 0. The second-order valence-corrected chi connectivity index (χ2v) is 7.77. The molecule has 3 fully saturated rings. The Kier molecular flexibility index (Phi) is 3.78. The molecule has 0 aromatic carbocycles. The maximum Gasteiger partial charge on any atom is 0.115 e. The second-order valence-electron chi connectivity index (χ2n) is 6.68. The summed E-state index contributed by atoms with van der Waals surface area (Å²) in [4.78, 5) is 9.24. The molecule has 4 heterocycles. The highest BCUT2D eigenvalue weighted by Crippen LogP contribution is 2.45. The number of thiazole rings is 1. The van der Waals surface area contributed by atoms with E-state index in [2.05, 4.69) is 10.2 Å². The topological polar surface area (TPSA) is 37.4 Å². The quantitative estimate of drug-likeness (QED) is 0.842. The molecule has 1 unspecified atom stereocenters. The monoisotopic (exact) mass is 307 g/mol. The van der Waals surface area contributed by atoms with Gasteiger partial charge in [-0.1, -0.05) is 0 Å². The summed E-state index contributed by atoms with van der Waals surface area (Å²) in [6.07, 6.45) is 6.35. The Morgan fingerprint density at radius 3 is 2.90 bits per heavy atom. The van der Waals surface area contributed by atoms with Crippen LogP contribution < -0.4 is 5.32 Å². The summed E-state index contributed by atoms with van der Waals surface area (Å²) in [7, 11) is 1.78. The molecule has 3 saturated heterocycles. The van der Waals surface area contributed by atoms with Gasteiger partial charge in [-0.15, -0.1) is 11.3 Å². The van der Waals surface area contributed by atoms with E-state index in [9.17, 15) is 0 Å². The Hall–Kier alpha value is -0.490. The van der Waals surface area contributed by atoms with E-state index in [1.54, 1.807) is 12.0 Å². The Morgan fingerprint density at radius 2 is 2.24 bits per heavy atom. The van der Waals surface area contributed by atoms with Crippen molar-refractivity contribution in [1.82, 2.24) is 15.2 Å². The third-order valence-corrected chi connectivity index (χ3v) is 6.82. The molecule has 3 aliphatic heterocycles. The standard InChI is InChI=1S/C16H25N3OS/c1-20-10-7-17-16(11-19-8-5-12(16)6-9-19)15-18-13-3-2-4-14(13)21-15/h12,17H,2-11H2,1H3. The van der Waals surface area contributed by atoms with Crippen molar-refractivity contribution in [2.45, 2.75) is 37.6 Å². The van der Waals surface area contributed by atoms with Gasteiger partial charge in [-0.2, -0.15) is 0 Å². The molecule has 0 saturated carbocycles. The van der Waals surface area contributed by atoms with Crippen molar-refractivity contribution in [3.8, 4) is 0 Å². The molecule has 4 nitrogen and oxygen atoms in total. The van der Waals surface area contributed by atoms with Crippen molar-refractivity contribution in [3.05, 3.63) is 15.6 Å². The first-order valence-corrected chi connectivity index (χ1v) is 9.09. The number of hydrogen-bond acceptors (Lipinski definition) is 5. The Bertz CT molecular complexity index is 488. The van der Waals surface area contributed by atoms with Gasteiger partial charge in [0.2, 0.25) is 0 Å². The van der Waals surface area contributed by atoms with Gasteiger partial charge < -0.3 is 15.0 Å². The lowest BCUT2D eigenvalue weighted by Gasteiger charge is -2.52. The van der Waals surface area contributed by atoms with Crippen LogP contribution >= 0.6 is 11.3 Å². The summed E-state index contributed by atoms with van der Waals surface area (Å²) in [5.74, 6) is 0.741. The summed E-state index contributed by atoms with van der Waals surface area (Å²) >= 11 is 1.98. The molecule has 5 rings (SSSR count). The zero-order valence-corrected chi connectivity index (χ0v) is 13.7. The van der Waals surface area contributed by atoms with Crippen molar-refractivity contribution < 1.29 is 4.74 Å². The lowest BCUT2D eigenvalue weighted by atomic mass is 9.73. The van der Waals surface area contributed by atoms with Crippen LogP contribution in [0, 0.1) is 5.92 Å². The van der Waals surface area contributed by atoms with Crippen molar-refractivity contribution in [2.24, 2.45) is 5.92 Å². The van der Waals surface area contributed by atoms with Crippen molar-refractivity contribution in [3.63, 3.8) is 0 Å². The number of nitrogens with one attached hydrogen (secondary N) is 1. The fourth-order valence-corrected chi connectivity index (χ4v) is 5.73. The van der Waals surface area contributed by atoms with Gasteiger partial charge in [0.05, 0.1) is 17.8 Å². The number of nitrogens with zero attached hydrogens (tertiary/aromatic N) is 2. The third-order valence-electron chi connectivity index (χ3n) is 5.48. The van der Waals surface area contributed by atoms with Crippen LogP contribution in [0.3, 0.4) is 0 Å². The number of aromatic nitrogens is 1. The second kappa shape index (κ2) is 5.61. The van der Waals surface area contributed by atoms with Crippen LogP contribution in [-0.4, -0.2) is 49.8 Å². The Labute approximate surface area is 130 Å². The minimum absolute atomic E-state index is 0.0873. The van der Waals surface area contributed by atoms with Gasteiger partial charge in [0, 0.05) is 25.1 Å². The Morgan fingerprint density at radius 1 is 1.38 bits per heavy atom. The molecule has 116 valence electrons. The Balaban J connectivity index is 1.65. The SMILES string of the molecule is COCCNC1(c2nc3c(s2)CCC3)CN2CCC1CC2. The smallest absolute Gasteiger partial charge is 0.115 e. The van der Waals surface area contributed by atoms with Crippen LogP contribution in [0.2, 0.25) is 0 Å². The van der Waals surface area contributed by atoms with Gasteiger partial charge >= 0.3 is 0 Å². The highest BCUT2D eigenvalue weighted by molar-refractivity contribution is 7.12.